The SMILES string of the molecule is CS(=O)(=O)Nc1ccc2c3c1O[C@H]1C(=O)CC[C@@]4(O)[C@@H](C2)N(CC2CC2)CC[C@]314. The molecule has 2 bridgehead atoms. The van der Waals surface area contributed by atoms with Gasteiger partial charge in [0.1, 0.15) is 5.75 Å². The van der Waals surface area contributed by atoms with E-state index in [-0.39, 0.29) is 11.8 Å². The molecule has 0 aromatic heterocycles. The van der Waals surface area contributed by atoms with E-state index in [9.17, 15) is 18.3 Å². The summed E-state index contributed by atoms with van der Waals surface area (Å²) in [4.78, 5) is 15.4. The van der Waals surface area contributed by atoms with E-state index >= 15 is 0 Å². The first kappa shape index (κ1) is 18.2. The summed E-state index contributed by atoms with van der Waals surface area (Å²) in [6.07, 6.45) is 5.00. The van der Waals surface area contributed by atoms with Crippen molar-refractivity contribution in [3.05, 3.63) is 23.3 Å². The largest absolute Gasteiger partial charge is 0.479 e. The number of carbonyl (C=O) groups excluding carboxylic acids is 1. The molecule has 2 heterocycles. The summed E-state index contributed by atoms with van der Waals surface area (Å²) in [5.74, 6) is 1.19. The molecule has 5 aliphatic rings. The van der Waals surface area contributed by atoms with Crippen molar-refractivity contribution in [1.29, 1.82) is 0 Å². The Hall–Kier alpha value is -1.64. The molecule has 156 valence electrons. The van der Waals surface area contributed by atoms with Crippen molar-refractivity contribution >= 4 is 21.5 Å². The number of aliphatic hydroxyl groups is 1. The zero-order chi connectivity index (χ0) is 20.2. The molecule has 3 aliphatic carbocycles. The van der Waals surface area contributed by atoms with Gasteiger partial charge in [0.2, 0.25) is 10.0 Å². The zero-order valence-electron chi connectivity index (χ0n) is 16.5. The lowest BCUT2D eigenvalue weighted by Gasteiger charge is -2.62. The van der Waals surface area contributed by atoms with E-state index in [1.54, 1.807) is 6.07 Å². The molecule has 29 heavy (non-hydrogen) atoms. The summed E-state index contributed by atoms with van der Waals surface area (Å²) in [5, 5.41) is 12.1. The maximum absolute atomic E-state index is 12.9. The van der Waals surface area contributed by atoms with Crippen LogP contribution in [0.5, 0.6) is 5.75 Å². The van der Waals surface area contributed by atoms with Crippen molar-refractivity contribution in [3.63, 3.8) is 0 Å². The van der Waals surface area contributed by atoms with Crippen LogP contribution in [-0.4, -0.2) is 61.3 Å². The summed E-state index contributed by atoms with van der Waals surface area (Å²) < 4.78 is 32.5. The molecule has 4 atom stereocenters. The topological polar surface area (TPSA) is 95.9 Å². The molecule has 6 rings (SSSR count). The zero-order valence-corrected chi connectivity index (χ0v) is 17.3. The van der Waals surface area contributed by atoms with E-state index in [2.05, 4.69) is 9.62 Å². The van der Waals surface area contributed by atoms with Crippen molar-refractivity contribution in [2.75, 3.05) is 24.1 Å². The second-order valence-corrected chi connectivity index (χ2v) is 11.4. The maximum atomic E-state index is 12.9. The molecule has 1 aromatic carbocycles. The number of benzene rings is 1. The number of carbonyl (C=O) groups is 1. The maximum Gasteiger partial charge on any atom is 0.229 e. The number of likely N-dealkylation sites (tertiary alicyclic amines) is 1. The van der Waals surface area contributed by atoms with Gasteiger partial charge in [-0.2, -0.15) is 0 Å². The number of nitrogens with one attached hydrogen (secondary N) is 1. The monoisotopic (exact) mass is 418 g/mol. The molecule has 0 unspecified atom stereocenters. The normalized spacial score (nSPS) is 37.8. The van der Waals surface area contributed by atoms with Crippen LogP contribution in [0.15, 0.2) is 12.1 Å². The predicted molar refractivity (Wildman–Crippen MR) is 107 cm³/mol. The lowest BCUT2D eigenvalue weighted by molar-refractivity contribution is -0.188. The summed E-state index contributed by atoms with van der Waals surface area (Å²) >= 11 is 0. The van der Waals surface area contributed by atoms with Crippen LogP contribution < -0.4 is 9.46 Å². The van der Waals surface area contributed by atoms with Gasteiger partial charge in [-0.3, -0.25) is 14.4 Å². The number of rotatable bonds is 4. The highest BCUT2D eigenvalue weighted by atomic mass is 32.2. The molecule has 1 spiro atoms. The molecule has 7 nitrogen and oxygen atoms in total. The molecular weight excluding hydrogens is 392 g/mol. The van der Waals surface area contributed by atoms with Gasteiger partial charge in [-0.15, -0.1) is 0 Å². The lowest BCUT2D eigenvalue weighted by atomic mass is 9.49. The van der Waals surface area contributed by atoms with Gasteiger partial charge in [-0.1, -0.05) is 6.07 Å². The van der Waals surface area contributed by atoms with Gasteiger partial charge >= 0.3 is 0 Å². The minimum Gasteiger partial charge on any atom is -0.479 e. The standard InChI is InChI=1S/C21H26N2O5S/c1-29(26,27)22-14-5-4-13-10-16-21(25)7-6-15(24)19-20(21,17(13)18(14)28-19)8-9-23(16)11-12-2-3-12/h4-5,12,16,19,22,25H,2-3,6-11H2,1H3/t16-,19+,20+,21-/m1/s1. The Morgan fingerprint density at radius 1 is 1.31 bits per heavy atom. The van der Waals surface area contributed by atoms with E-state index in [0.29, 0.717) is 37.1 Å². The summed E-state index contributed by atoms with van der Waals surface area (Å²) in [7, 11) is -3.49. The van der Waals surface area contributed by atoms with E-state index in [0.717, 1.165) is 36.4 Å². The summed E-state index contributed by atoms with van der Waals surface area (Å²) in [6, 6.07) is 3.66. The van der Waals surface area contributed by atoms with Gasteiger partial charge < -0.3 is 9.84 Å². The van der Waals surface area contributed by atoms with Crippen LogP contribution in [0.25, 0.3) is 0 Å². The Morgan fingerprint density at radius 3 is 2.83 bits per heavy atom. The molecule has 0 radical (unpaired) electrons. The number of ether oxygens (including phenoxy) is 1. The van der Waals surface area contributed by atoms with Crippen molar-refractivity contribution in [2.45, 2.75) is 61.7 Å². The Labute approximate surface area is 170 Å². The smallest absolute Gasteiger partial charge is 0.229 e. The van der Waals surface area contributed by atoms with Crippen LogP contribution in [0.2, 0.25) is 0 Å². The van der Waals surface area contributed by atoms with Crippen LogP contribution >= 0.6 is 0 Å². The number of sulfonamides is 1. The quantitative estimate of drug-likeness (QED) is 0.763. The Morgan fingerprint density at radius 2 is 2.10 bits per heavy atom. The van der Waals surface area contributed by atoms with E-state index in [1.807, 2.05) is 6.07 Å². The second kappa shape index (κ2) is 5.53. The average Bonchev–Trinajstić information content (AvgIpc) is 3.38. The van der Waals surface area contributed by atoms with Gasteiger partial charge in [0.15, 0.2) is 11.9 Å². The molecule has 2 N–H and O–H groups in total. The fraction of sp³-hybridized carbons (Fsp3) is 0.667. The molecule has 0 amide bonds. The molecule has 1 saturated heterocycles. The van der Waals surface area contributed by atoms with E-state index in [4.69, 9.17) is 4.74 Å². The number of Topliss-reactive ketones (excluding diaryl/α,β-unsaturated/α-hetero) is 1. The van der Waals surface area contributed by atoms with Gasteiger partial charge in [-0.05, 0) is 56.2 Å². The minimum absolute atomic E-state index is 0.0124. The summed E-state index contributed by atoms with van der Waals surface area (Å²) in [5.41, 5.74) is 0.510. The number of hydrogen-bond donors (Lipinski definition) is 2. The van der Waals surface area contributed by atoms with Crippen molar-refractivity contribution < 1.29 is 23.1 Å². The molecule has 2 saturated carbocycles. The van der Waals surface area contributed by atoms with Gasteiger partial charge in [0, 0.05) is 24.6 Å². The highest BCUT2D eigenvalue weighted by molar-refractivity contribution is 7.92. The Kier molecular flexibility index (Phi) is 3.46. The third kappa shape index (κ3) is 2.31. The Bertz CT molecular complexity index is 1040. The average molecular weight is 419 g/mol. The first-order valence-corrected chi connectivity index (χ1v) is 12.4. The van der Waals surface area contributed by atoms with Crippen molar-refractivity contribution in [3.8, 4) is 5.75 Å². The van der Waals surface area contributed by atoms with Crippen LogP contribution in [0.4, 0.5) is 5.69 Å². The summed E-state index contributed by atoms with van der Waals surface area (Å²) in [6.45, 7) is 1.84. The molecule has 3 fully saturated rings. The first-order chi connectivity index (χ1) is 13.7. The fourth-order valence-electron chi connectivity index (χ4n) is 6.56. The van der Waals surface area contributed by atoms with Crippen molar-refractivity contribution in [1.82, 2.24) is 4.90 Å². The van der Waals surface area contributed by atoms with E-state index < -0.39 is 27.1 Å². The molecular formula is C21H26N2O5S. The minimum atomic E-state index is -3.49. The fourth-order valence-corrected chi connectivity index (χ4v) is 7.12. The van der Waals surface area contributed by atoms with Crippen molar-refractivity contribution in [2.24, 2.45) is 5.92 Å². The Balaban J connectivity index is 1.54. The number of nitrogens with zero attached hydrogens (tertiary/aromatic N) is 1. The number of piperidine rings is 1. The van der Waals surface area contributed by atoms with Gasteiger partial charge in [0.05, 0.1) is 23.0 Å². The highest BCUT2D eigenvalue weighted by Crippen LogP contribution is 2.64. The van der Waals surface area contributed by atoms with Gasteiger partial charge in [-0.25, -0.2) is 8.42 Å². The van der Waals surface area contributed by atoms with Crippen LogP contribution in [0.1, 0.15) is 43.2 Å². The molecule has 8 heteroatoms. The third-order valence-corrected chi connectivity index (χ3v) is 8.47. The second-order valence-electron chi connectivity index (χ2n) is 9.62. The number of hydrogen-bond acceptors (Lipinski definition) is 6. The highest BCUT2D eigenvalue weighted by Gasteiger charge is 2.73. The first-order valence-electron chi connectivity index (χ1n) is 10.5. The van der Waals surface area contributed by atoms with Crippen LogP contribution in [0.3, 0.4) is 0 Å². The number of ketones is 1. The lowest BCUT2D eigenvalue weighted by Crippen LogP contribution is -2.76. The molecule has 1 aromatic rings. The molecule has 2 aliphatic heterocycles. The predicted octanol–water partition coefficient (Wildman–Crippen LogP) is 1.19. The van der Waals surface area contributed by atoms with E-state index in [1.165, 1.54) is 12.8 Å². The number of anilines is 1. The van der Waals surface area contributed by atoms with Crippen LogP contribution in [-0.2, 0) is 26.7 Å². The van der Waals surface area contributed by atoms with Crippen LogP contribution in [0, 0.1) is 5.92 Å². The third-order valence-electron chi connectivity index (χ3n) is 7.87. The van der Waals surface area contributed by atoms with Gasteiger partial charge in [0.25, 0.3) is 0 Å².